The van der Waals surface area contributed by atoms with Crippen molar-refractivity contribution in [2.75, 3.05) is 31.8 Å². The summed E-state index contributed by atoms with van der Waals surface area (Å²) in [5.41, 5.74) is 0.946. The molecule has 1 heterocycles. The summed E-state index contributed by atoms with van der Waals surface area (Å²) in [6, 6.07) is 6.74. The molecule has 1 aliphatic rings. The van der Waals surface area contributed by atoms with Crippen LogP contribution in [0.1, 0.15) is 22.3 Å². The van der Waals surface area contributed by atoms with Gasteiger partial charge in [-0.05, 0) is 18.1 Å². The van der Waals surface area contributed by atoms with Crippen LogP contribution in [0.4, 0.5) is 0 Å². The van der Waals surface area contributed by atoms with Crippen molar-refractivity contribution in [1.82, 2.24) is 4.90 Å². The quantitative estimate of drug-likeness (QED) is 0.805. The molecule has 1 N–H and O–H groups in total. The van der Waals surface area contributed by atoms with Gasteiger partial charge in [0.05, 0.1) is 23.7 Å². The first kappa shape index (κ1) is 16.9. The molecule has 2 rings (SSSR count). The Balaban J connectivity index is 2.18. The minimum atomic E-state index is -2.98. The average molecular weight is 327 g/mol. The molecule has 1 aliphatic heterocycles. The van der Waals surface area contributed by atoms with Crippen LogP contribution in [0.5, 0.6) is 0 Å². The summed E-state index contributed by atoms with van der Waals surface area (Å²) in [5, 5.41) is 9.26. The lowest BCUT2D eigenvalue weighted by Gasteiger charge is -2.28. The molecule has 1 saturated heterocycles. The number of hydrogen-bond donors (Lipinski definition) is 1. The van der Waals surface area contributed by atoms with Gasteiger partial charge >= 0.3 is 5.97 Å². The molecule has 0 aromatic heterocycles. The Bertz CT molecular complexity index is 629. The van der Waals surface area contributed by atoms with Crippen LogP contribution in [-0.2, 0) is 21.1 Å². The Morgan fingerprint density at radius 3 is 2.73 bits per heavy atom. The Labute approximate surface area is 130 Å². The number of carboxylic acid groups (broad SMARTS) is 1. The Hall–Kier alpha value is -1.44. The van der Waals surface area contributed by atoms with Crippen molar-refractivity contribution in [2.24, 2.45) is 0 Å². The van der Waals surface area contributed by atoms with Crippen molar-refractivity contribution in [3.8, 4) is 0 Å². The van der Waals surface area contributed by atoms with Crippen LogP contribution in [0.3, 0.4) is 0 Å². The van der Waals surface area contributed by atoms with E-state index in [9.17, 15) is 18.3 Å². The van der Waals surface area contributed by atoms with Gasteiger partial charge in [0, 0.05) is 26.2 Å². The SMILES string of the molecule is COCCN(Cc1ccccc1C(=O)O)C1CCS(=O)(=O)C1. The summed E-state index contributed by atoms with van der Waals surface area (Å²) in [6.45, 7) is 1.46. The summed E-state index contributed by atoms with van der Waals surface area (Å²) in [4.78, 5) is 13.3. The fourth-order valence-corrected chi connectivity index (χ4v) is 4.51. The number of methoxy groups -OCH3 is 1. The largest absolute Gasteiger partial charge is 0.478 e. The maximum absolute atomic E-state index is 11.7. The van der Waals surface area contributed by atoms with Crippen molar-refractivity contribution in [3.05, 3.63) is 35.4 Å². The summed E-state index contributed by atoms with van der Waals surface area (Å²) < 4.78 is 28.5. The van der Waals surface area contributed by atoms with Gasteiger partial charge in [0.15, 0.2) is 9.84 Å². The summed E-state index contributed by atoms with van der Waals surface area (Å²) >= 11 is 0. The van der Waals surface area contributed by atoms with Crippen LogP contribution >= 0.6 is 0 Å². The molecule has 1 atom stereocenters. The van der Waals surface area contributed by atoms with E-state index in [2.05, 4.69) is 0 Å². The molecule has 1 unspecified atom stereocenters. The Morgan fingerprint density at radius 2 is 2.14 bits per heavy atom. The van der Waals surface area contributed by atoms with Crippen LogP contribution in [0.15, 0.2) is 24.3 Å². The number of nitrogens with zero attached hydrogens (tertiary/aromatic N) is 1. The second-order valence-corrected chi connectivity index (χ2v) is 7.71. The van der Waals surface area contributed by atoms with Crippen molar-refractivity contribution in [2.45, 2.75) is 19.0 Å². The number of sulfone groups is 1. The van der Waals surface area contributed by atoms with Crippen LogP contribution in [-0.4, -0.2) is 62.2 Å². The molecule has 0 spiro atoms. The molecule has 0 saturated carbocycles. The number of ether oxygens (including phenoxy) is 1. The highest BCUT2D eigenvalue weighted by molar-refractivity contribution is 7.91. The highest BCUT2D eigenvalue weighted by Crippen LogP contribution is 2.21. The molecule has 0 radical (unpaired) electrons. The molecule has 1 fully saturated rings. The molecule has 7 heteroatoms. The third kappa shape index (κ3) is 4.28. The van der Waals surface area contributed by atoms with E-state index in [-0.39, 0.29) is 23.1 Å². The topological polar surface area (TPSA) is 83.9 Å². The van der Waals surface area contributed by atoms with Gasteiger partial charge in [0.1, 0.15) is 0 Å². The van der Waals surface area contributed by atoms with E-state index in [0.29, 0.717) is 31.7 Å². The second kappa shape index (κ2) is 7.21. The minimum absolute atomic E-state index is 0.0815. The highest BCUT2D eigenvalue weighted by Gasteiger charge is 2.32. The fourth-order valence-electron chi connectivity index (χ4n) is 2.75. The second-order valence-electron chi connectivity index (χ2n) is 5.48. The monoisotopic (exact) mass is 327 g/mol. The van der Waals surface area contributed by atoms with E-state index >= 15 is 0 Å². The van der Waals surface area contributed by atoms with Gasteiger partial charge in [-0.15, -0.1) is 0 Å². The normalized spacial score (nSPS) is 20.4. The lowest BCUT2D eigenvalue weighted by atomic mass is 10.1. The third-order valence-corrected chi connectivity index (χ3v) is 5.68. The van der Waals surface area contributed by atoms with Gasteiger partial charge < -0.3 is 9.84 Å². The zero-order chi connectivity index (χ0) is 16.2. The average Bonchev–Trinajstić information content (AvgIpc) is 2.83. The fraction of sp³-hybridized carbons (Fsp3) is 0.533. The van der Waals surface area contributed by atoms with Gasteiger partial charge in [-0.3, -0.25) is 4.90 Å². The molecule has 122 valence electrons. The van der Waals surface area contributed by atoms with Gasteiger partial charge in [-0.25, -0.2) is 13.2 Å². The number of aromatic carboxylic acids is 1. The van der Waals surface area contributed by atoms with Crippen molar-refractivity contribution < 1.29 is 23.1 Å². The lowest BCUT2D eigenvalue weighted by Crippen LogP contribution is -2.38. The van der Waals surface area contributed by atoms with Gasteiger partial charge in [0.25, 0.3) is 0 Å². The highest BCUT2D eigenvalue weighted by atomic mass is 32.2. The molecule has 0 aliphatic carbocycles. The number of benzene rings is 1. The first-order chi connectivity index (χ1) is 10.4. The maximum Gasteiger partial charge on any atom is 0.336 e. The maximum atomic E-state index is 11.7. The molecule has 6 nitrogen and oxygen atoms in total. The molecule has 22 heavy (non-hydrogen) atoms. The molecule has 1 aromatic carbocycles. The van der Waals surface area contributed by atoms with Crippen LogP contribution in [0.25, 0.3) is 0 Å². The summed E-state index contributed by atoms with van der Waals surface area (Å²) in [6.07, 6.45) is 0.585. The van der Waals surface area contributed by atoms with Crippen LogP contribution in [0.2, 0.25) is 0 Å². The smallest absolute Gasteiger partial charge is 0.336 e. The van der Waals surface area contributed by atoms with E-state index in [1.165, 1.54) is 0 Å². The number of rotatable bonds is 7. The first-order valence-electron chi connectivity index (χ1n) is 7.17. The Kier molecular flexibility index (Phi) is 5.55. The van der Waals surface area contributed by atoms with E-state index in [1.54, 1.807) is 31.4 Å². The zero-order valence-electron chi connectivity index (χ0n) is 12.6. The number of hydrogen-bond acceptors (Lipinski definition) is 5. The minimum Gasteiger partial charge on any atom is -0.478 e. The Morgan fingerprint density at radius 1 is 1.41 bits per heavy atom. The summed E-state index contributed by atoms with van der Waals surface area (Å²) in [7, 11) is -1.39. The molecular weight excluding hydrogens is 306 g/mol. The lowest BCUT2D eigenvalue weighted by molar-refractivity contribution is 0.0692. The van der Waals surface area contributed by atoms with Crippen molar-refractivity contribution in [1.29, 1.82) is 0 Å². The third-order valence-electron chi connectivity index (χ3n) is 3.93. The molecular formula is C15H21NO5S. The predicted octanol–water partition coefficient (Wildman–Crippen LogP) is 1.02. The van der Waals surface area contributed by atoms with E-state index in [0.717, 1.165) is 0 Å². The van der Waals surface area contributed by atoms with Crippen LogP contribution in [0, 0.1) is 0 Å². The van der Waals surface area contributed by atoms with E-state index in [1.807, 2.05) is 4.90 Å². The van der Waals surface area contributed by atoms with E-state index < -0.39 is 15.8 Å². The van der Waals surface area contributed by atoms with Crippen LogP contribution < -0.4 is 0 Å². The number of carbonyl (C=O) groups is 1. The summed E-state index contributed by atoms with van der Waals surface area (Å²) in [5.74, 6) is -0.644. The molecule has 0 amide bonds. The standard InChI is InChI=1S/C15H21NO5S/c1-21-8-7-16(13-6-9-22(19,20)11-13)10-12-4-2-3-5-14(12)15(17)18/h2-5,13H,6-11H2,1H3,(H,17,18). The molecule has 0 bridgehead atoms. The zero-order valence-corrected chi connectivity index (χ0v) is 13.4. The first-order valence-corrected chi connectivity index (χ1v) is 8.99. The van der Waals surface area contributed by atoms with Gasteiger partial charge in [-0.1, -0.05) is 18.2 Å². The number of carboxylic acids is 1. The molecule has 1 aromatic rings. The van der Waals surface area contributed by atoms with Crippen molar-refractivity contribution in [3.63, 3.8) is 0 Å². The van der Waals surface area contributed by atoms with Gasteiger partial charge in [-0.2, -0.15) is 0 Å². The van der Waals surface area contributed by atoms with Gasteiger partial charge in [0.2, 0.25) is 0 Å². The predicted molar refractivity (Wildman–Crippen MR) is 82.7 cm³/mol. The van der Waals surface area contributed by atoms with E-state index in [4.69, 9.17) is 4.74 Å². The van der Waals surface area contributed by atoms with Crippen molar-refractivity contribution >= 4 is 15.8 Å².